The smallest absolute Gasteiger partial charge is 0.0159 e. The zero-order valence-electron chi connectivity index (χ0n) is 11.1. The molecule has 0 saturated heterocycles. The van der Waals surface area contributed by atoms with E-state index in [1.165, 1.54) is 33.4 Å². The third kappa shape index (κ3) is 1.54. The molecule has 0 spiro atoms. The van der Waals surface area contributed by atoms with Gasteiger partial charge in [0, 0.05) is 11.2 Å². The molecule has 1 aliphatic rings. The van der Waals surface area contributed by atoms with Crippen molar-refractivity contribution < 1.29 is 0 Å². The molecule has 0 atom stereocenters. The van der Waals surface area contributed by atoms with E-state index in [1.807, 2.05) is 0 Å². The Balaban J connectivity index is 2.31. The van der Waals surface area contributed by atoms with Crippen molar-refractivity contribution in [2.75, 3.05) is 0 Å². The first-order valence-electron chi connectivity index (χ1n) is 6.40. The molecule has 2 aromatic carbocycles. The molecule has 2 aromatic rings. The molecule has 1 heteroatoms. The molecule has 0 unspecified atom stereocenters. The van der Waals surface area contributed by atoms with Gasteiger partial charge in [-0.25, -0.2) is 0 Å². The van der Waals surface area contributed by atoms with Gasteiger partial charge in [-0.3, -0.25) is 0 Å². The minimum absolute atomic E-state index is 0.107. The van der Waals surface area contributed by atoms with E-state index in [0.717, 1.165) is 5.75 Å². The van der Waals surface area contributed by atoms with Gasteiger partial charge in [0.05, 0.1) is 0 Å². The second kappa shape index (κ2) is 3.89. The SMILES string of the molecule is Cc1ccc2c(c1)C(C)(C)c1cc(CS)ccc1-2. The predicted molar refractivity (Wildman–Crippen MR) is 81.4 cm³/mol. The van der Waals surface area contributed by atoms with Crippen LogP contribution in [0.5, 0.6) is 0 Å². The highest BCUT2D eigenvalue weighted by Crippen LogP contribution is 2.49. The number of hydrogen-bond donors (Lipinski definition) is 1. The lowest BCUT2D eigenvalue weighted by atomic mass is 9.81. The van der Waals surface area contributed by atoms with Crippen LogP contribution in [-0.2, 0) is 11.2 Å². The van der Waals surface area contributed by atoms with E-state index in [2.05, 4.69) is 69.8 Å². The van der Waals surface area contributed by atoms with Crippen LogP contribution in [0.25, 0.3) is 11.1 Å². The first-order chi connectivity index (χ1) is 8.54. The Morgan fingerprint density at radius 2 is 1.56 bits per heavy atom. The highest BCUT2D eigenvalue weighted by atomic mass is 32.1. The number of aryl methyl sites for hydroxylation is 1. The molecule has 0 N–H and O–H groups in total. The number of hydrogen-bond acceptors (Lipinski definition) is 1. The van der Waals surface area contributed by atoms with Gasteiger partial charge in [-0.05, 0) is 34.7 Å². The third-order valence-corrected chi connectivity index (χ3v) is 4.44. The molecular formula is C17H18S. The fraction of sp³-hybridized carbons (Fsp3) is 0.294. The summed E-state index contributed by atoms with van der Waals surface area (Å²) in [5, 5.41) is 0. The van der Waals surface area contributed by atoms with Gasteiger partial charge in [0.15, 0.2) is 0 Å². The molecule has 92 valence electrons. The monoisotopic (exact) mass is 254 g/mol. The molecule has 1 aliphatic carbocycles. The van der Waals surface area contributed by atoms with Crippen LogP contribution in [0.1, 0.15) is 36.1 Å². The van der Waals surface area contributed by atoms with Crippen molar-refractivity contribution in [2.45, 2.75) is 31.9 Å². The first kappa shape index (κ1) is 11.9. The van der Waals surface area contributed by atoms with Crippen molar-refractivity contribution >= 4 is 12.6 Å². The molecule has 0 amide bonds. The van der Waals surface area contributed by atoms with Crippen LogP contribution in [0.15, 0.2) is 36.4 Å². The summed E-state index contributed by atoms with van der Waals surface area (Å²) < 4.78 is 0. The molecule has 0 saturated carbocycles. The molecule has 0 fully saturated rings. The van der Waals surface area contributed by atoms with Crippen LogP contribution in [-0.4, -0.2) is 0 Å². The van der Waals surface area contributed by atoms with Crippen LogP contribution >= 0.6 is 12.6 Å². The van der Waals surface area contributed by atoms with Gasteiger partial charge in [-0.1, -0.05) is 55.8 Å². The zero-order valence-corrected chi connectivity index (χ0v) is 12.0. The second-order valence-electron chi connectivity index (χ2n) is 5.71. The molecule has 0 nitrogen and oxygen atoms in total. The summed E-state index contributed by atoms with van der Waals surface area (Å²) in [5.74, 6) is 0.804. The van der Waals surface area contributed by atoms with Crippen LogP contribution < -0.4 is 0 Å². The summed E-state index contributed by atoms with van der Waals surface area (Å²) in [6, 6.07) is 13.6. The van der Waals surface area contributed by atoms with Crippen LogP contribution in [0, 0.1) is 6.92 Å². The van der Waals surface area contributed by atoms with Crippen molar-refractivity contribution in [3.63, 3.8) is 0 Å². The first-order valence-corrected chi connectivity index (χ1v) is 7.03. The van der Waals surface area contributed by atoms with Gasteiger partial charge in [0.25, 0.3) is 0 Å². The summed E-state index contributed by atoms with van der Waals surface area (Å²) in [4.78, 5) is 0. The van der Waals surface area contributed by atoms with Gasteiger partial charge in [-0.2, -0.15) is 12.6 Å². The highest BCUT2D eigenvalue weighted by Gasteiger charge is 2.35. The van der Waals surface area contributed by atoms with E-state index in [-0.39, 0.29) is 5.41 Å². The Bertz CT molecular complexity index is 624. The lowest BCUT2D eigenvalue weighted by Gasteiger charge is -2.22. The molecule has 0 aliphatic heterocycles. The summed E-state index contributed by atoms with van der Waals surface area (Å²) >= 11 is 4.39. The van der Waals surface area contributed by atoms with Crippen molar-refractivity contribution in [2.24, 2.45) is 0 Å². The molecule has 0 bridgehead atoms. The average Bonchev–Trinajstić information content (AvgIpc) is 2.58. The Kier molecular flexibility index (Phi) is 2.56. The fourth-order valence-corrected chi connectivity index (χ4v) is 3.19. The minimum atomic E-state index is 0.107. The predicted octanol–water partition coefficient (Wildman–Crippen LogP) is 4.73. The van der Waals surface area contributed by atoms with Crippen molar-refractivity contribution in [3.05, 3.63) is 58.7 Å². The molecule has 18 heavy (non-hydrogen) atoms. The maximum atomic E-state index is 4.39. The van der Waals surface area contributed by atoms with Gasteiger partial charge in [-0.15, -0.1) is 0 Å². The van der Waals surface area contributed by atoms with Crippen LogP contribution in [0.3, 0.4) is 0 Å². The Morgan fingerprint density at radius 1 is 0.944 bits per heavy atom. The maximum Gasteiger partial charge on any atom is 0.0159 e. The second-order valence-corrected chi connectivity index (χ2v) is 6.03. The summed E-state index contributed by atoms with van der Waals surface area (Å²) in [7, 11) is 0. The summed E-state index contributed by atoms with van der Waals surface area (Å²) in [5.41, 5.74) is 8.42. The molecule has 3 rings (SSSR count). The van der Waals surface area contributed by atoms with Crippen LogP contribution in [0.2, 0.25) is 0 Å². The van der Waals surface area contributed by atoms with E-state index < -0.39 is 0 Å². The summed E-state index contributed by atoms with van der Waals surface area (Å²) in [6.07, 6.45) is 0. The zero-order chi connectivity index (χ0) is 12.9. The lowest BCUT2D eigenvalue weighted by Crippen LogP contribution is -2.15. The quantitative estimate of drug-likeness (QED) is 0.699. The largest absolute Gasteiger partial charge is 0.175 e. The number of fused-ring (bicyclic) bond motifs is 3. The number of rotatable bonds is 1. The molecular weight excluding hydrogens is 236 g/mol. The Hall–Kier alpha value is -1.21. The molecule has 0 heterocycles. The maximum absolute atomic E-state index is 4.39. The standard InChI is InChI=1S/C17H18S/c1-11-4-6-13-14-7-5-12(10-18)9-16(14)17(2,3)15(13)8-11/h4-9,18H,10H2,1-3H3. The van der Waals surface area contributed by atoms with Gasteiger partial charge >= 0.3 is 0 Å². The number of benzene rings is 2. The van der Waals surface area contributed by atoms with Crippen molar-refractivity contribution in [1.29, 1.82) is 0 Å². The minimum Gasteiger partial charge on any atom is -0.175 e. The van der Waals surface area contributed by atoms with Crippen LogP contribution in [0.4, 0.5) is 0 Å². The normalized spacial score (nSPS) is 15.3. The molecule has 0 aromatic heterocycles. The van der Waals surface area contributed by atoms with E-state index in [9.17, 15) is 0 Å². The topological polar surface area (TPSA) is 0 Å². The van der Waals surface area contributed by atoms with E-state index in [0.29, 0.717) is 0 Å². The fourth-order valence-electron chi connectivity index (χ4n) is 3.00. The van der Waals surface area contributed by atoms with E-state index in [4.69, 9.17) is 0 Å². The lowest BCUT2D eigenvalue weighted by molar-refractivity contribution is 0.659. The average molecular weight is 254 g/mol. The van der Waals surface area contributed by atoms with E-state index in [1.54, 1.807) is 0 Å². The van der Waals surface area contributed by atoms with Gasteiger partial charge in [0.2, 0.25) is 0 Å². The Morgan fingerprint density at radius 3 is 2.22 bits per heavy atom. The van der Waals surface area contributed by atoms with E-state index >= 15 is 0 Å². The Labute approximate surface area is 114 Å². The molecule has 0 radical (unpaired) electrons. The number of thiol groups is 1. The van der Waals surface area contributed by atoms with Crippen molar-refractivity contribution in [1.82, 2.24) is 0 Å². The van der Waals surface area contributed by atoms with Gasteiger partial charge < -0.3 is 0 Å². The van der Waals surface area contributed by atoms with Gasteiger partial charge in [0.1, 0.15) is 0 Å². The highest BCUT2D eigenvalue weighted by molar-refractivity contribution is 7.79. The third-order valence-electron chi connectivity index (χ3n) is 4.08. The summed E-state index contributed by atoms with van der Waals surface area (Å²) in [6.45, 7) is 6.80. The van der Waals surface area contributed by atoms with Crippen molar-refractivity contribution in [3.8, 4) is 11.1 Å².